The van der Waals surface area contributed by atoms with Gasteiger partial charge in [-0.2, -0.15) is 0 Å². The Morgan fingerprint density at radius 1 is 0.852 bits per heavy atom. The van der Waals surface area contributed by atoms with Crippen molar-refractivity contribution in [2.75, 3.05) is 10.6 Å². The number of nitrogens with one attached hydrogen (secondary N) is 2. The van der Waals surface area contributed by atoms with Gasteiger partial charge in [-0.05, 0) is 48.2 Å². The molecule has 3 aromatic rings. The second-order valence-electron chi connectivity index (χ2n) is 6.75. The van der Waals surface area contributed by atoms with Gasteiger partial charge in [-0.15, -0.1) is 0 Å². The maximum absolute atomic E-state index is 12.5. The fourth-order valence-corrected chi connectivity index (χ4v) is 3.50. The predicted octanol–water partition coefficient (Wildman–Crippen LogP) is 5.43. The topological polar surface area (TPSA) is 58.2 Å². The highest BCUT2D eigenvalue weighted by molar-refractivity contribution is 6.11. The zero-order chi connectivity index (χ0) is 18.8. The number of benzene rings is 3. The molecule has 0 fully saturated rings. The van der Waals surface area contributed by atoms with Crippen LogP contribution >= 0.6 is 0 Å². The highest BCUT2D eigenvalue weighted by atomic mass is 16.2. The fourth-order valence-electron chi connectivity index (χ4n) is 3.50. The van der Waals surface area contributed by atoms with Crippen LogP contribution < -0.4 is 10.6 Å². The number of fused-ring (bicyclic) bond motifs is 1. The van der Waals surface area contributed by atoms with E-state index in [-0.39, 0.29) is 11.8 Å². The third-order valence-corrected chi connectivity index (χ3v) is 4.84. The van der Waals surface area contributed by atoms with E-state index in [2.05, 4.69) is 10.6 Å². The monoisotopic (exact) mass is 356 g/mol. The summed E-state index contributed by atoms with van der Waals surface area (Å²) >= 11 is 0. The first kappa shape index (κ1) is 17.0. The molecule has 1 aliphatic rings. The standard InChI is InChI=1S/C23H20N2O2/c1-15-7-9-17(10-8-15)24-23(27)25-20-13-11-18(16-5-3-2-4-6-16)19-12-14-21(26)22(19)20/h2-11,13H,12,14H2,1H3,(H2,24,25,27). The van der Waals surface area contributed by atoms with E-state index in [1.165, 1.54) is 0 Å². The number of aryl methyl sites for hydroxylation is 1. The van der Waals surface area contributed by atoms with E-state index in [1.807, 2.05) is 73.7 Å². The fraction of sp³-hybridized carbons (Fsp3) is 0.130. The maximum atomic E-state index is 12.5. The largest absolute Gasteiger partial charge is 0.323 e. The van der Waals surface area contributed by atoms with Crippen molar-refractivity contribution >= 4 is 23.2 Å². The second kappa shape index (κ2) is 7.08. The molecule has 4 rings (SSSR count). The van der Waals surface area contributed by atoms with Gasteiger partial charge in [-0.3, -0.25) is 4.79 Å². The first-order valence-corrected chi connectivity index (χ1v) is 9.01. The molecular formula is C23H20N2O2. The van der Waals surface area contributed by atoms with Gasteiger partial charge in [0.15, 0.2) is 5.78 Å². The molecule has 134 valence electrons. The van der Waals surface area contributed by atoms with Crippen molar-refractivity contribution in [3.05, 3.63) is 83.4 Å². The molecule has 0 saturated heterocycles. The van der Waals surface area contributed by atoms with Gasteiger partial charge in [-0.1, -0.05) is 54.1 Å². The number of carbonyl (C=O) groups is 2. The van der Waals surface area contributed by atoms with E-state index in [0.717, 1.165) is 22.3 Å². The van der Waals surface area contributed by atoms with Crippen LogP contribution in [0, 0.1) is 6.92 Å². The molecule has 2 N–H and O–H groups in total. The van der Waals surface area contributed by atoms with Crippen LogP contribution in [0.25, 0.3) is 11.1 Å². The summed E-state index contributed by atoms with van der Waals surface area (Å²) in [6.45, 7) is 1.99. The average molecular weight is 356 g/mol. The Morgan fingerprint density at radius 3 is 2.33 bits per heavy atom. The van der Waals surface area contributed by atoms with Gasteiger partial charge in [0.25, 0.3) is 0 Å². The Balaban J connectivity index is 1.62. The van der Waals surface area contributed by atoms with Crippen LogP contribution in [0.4, 0.5) is 16.2 Å². The van der Waals surface area contributed by atoms with Crippen LogP contribution in [0.15, 0.2) is 66.7 Å². The van der Waals surface area contributed by atoms with Gasteiger partial charge >= 0.3 is 6.03 Å². The van der Waals surface area contributed by atoms with Crippen LogP contribution in [-0.4, -0.2) is 11.8 Å². The Kier molecular flexibility index (Phi) is 4.47. The van der Waals surface area contributed by atoms with Crippen molar-refractivity contribution in [1.82, 2.24) is 0 Å². The number of hydrogen-bond donors (Lipinski definition) is 2. The molecule has 1 aliphatic carbocycles. The Labute approximate surface area is 158 Å². The average Bonchev–Trinajstić information content (AvgIpc) is 3.07. The Bertz CT molecular complexity index is 1010. The Morgan fingerprint density at radius 2 is 1.59 bits per heavy atom. The summed E-state index contributed by atoms with van der Waals surface area (Å²) in [5.41, 5.74) is 6.19. The molecule has 0 bridgehead atoms. The van der Waals surface area contributed by atoms with Crippen molar-refractivity contribution in [3.63, 3.8) is 0 Å². The van der Waals surface area contributed by atoms with E-state index in [4.69, 9.17) is 0 Å². The lowest BCUT2D eigenvalue weighted by atomic mass is 9.95. The summed E-state index contributed by atoms with van der Waals surface area (Å²) in [5.74, 6) is 0.0772. The second-order valence-corrected chi connectivity index (χ2v) is 6.75. The lowest BCUT2D eigenvalue weighted by Gasteiger charge is -2.14. The summed E-state index contributed by atoms with van der Waals surface area (Å²) in [7, 11) is 0. The van der Waals surface area contributed by atoms with E-state index in [1.54, 1.807) is 0 Å². The van der Waals surface area contributed by atoms with E-state index < -0.39 is 0 Å². The number of anilines is 2. The minimum Gasteiger partial charge on any atom is -0.308 e. The molecule has 3 aromatic carbocycles. The molecule has 2 amide bonds. The molecule has 0 saturated carbocycles. The number of ketones is 1. The number of rotatable bonds is 3. The summed E-state index contributed by atoms with van der Waals surface area (Å²) in [4.78, 5) is 24.9. The molecule has 4 nitrogen and oxygen atoms in total. The maximum Gasteiger partial charge on any atom is 0.323 e. The lowest BCUT2D eigenvalue weighted by Crippen LogP contribution is -2.20. The van der Waals surface area contributed by atoms with Crippen LogP contribution in [0.1, 0.15) is 27.9 Å². The van der Waals surface area contributed by atoms with Gasteiger partial charge in [0.2, 0.25) is 0 Å². The highest BCUT2D eigenvalue weighted by Crippen LogP contribution is 2.36. The first-order chi connectivity index (χ1) is 13.1. The number of Topliss-reactive ketones (excluding diaryl/α,β-unsaturated/α-hetero) is 1. The summed E-state index contributed by atoms with van der Waals surface area (Å²) < 4.78 is 0. The summed E-state index contributed by atoms with van der Waals surface area (Å²) in [6, 6.07) is 21.0. The van der Waals surface area contributed by atoms with E-state index in [9.17, 15) is 9.59 Å². The summed E-state index contributed by atoms with van der Waals surface area (Å²) in [5, 5.41) is 5.65. The molecule has 0 aromatic heterocycles. The minimum absolute atomic E-state index is 0.0772. The molecule has 0 atom stereocenters. The van der Waals surface area contributed by atoms with Crippen LogP contribution in [0.5, 0.6) is 0 Å². The van der Waals surface area contributed by atoms with Crippen molar-refractivity contribution in [2.45, 2.75) is 19.8 Å². The van der Waals surface area contributed by atoms with Crippen molar-refractivity contribution in [3.8, 4) is 11.1 Å². The van der Waals surface area contributed by atoms with Gasteiger partial charge in [0, 0.05) is 17.7 Å². The quantitative estimate of drug-likeness (QED) is 0.657. The SMILES string of the molecule is Cc1ccc(NC(=O)Nc2ccc(-c3ccccc3)c3c2C(=O)CC3)cc1. The zero-order valence-corrected chi connectivity index (χ0v) is 15.1. The summed E-state index contributed by atoms with van der Waals surface area (Å²) in [6.07, 6.45) is 1.18. The first-order valence-electron chi connectivity index (χ1n) is 9.01. The van der Waals surface area contributed by atoms with Crippen molar-refractivity contribution < 1.29 is 9.59 Å². The van der Waals surface area contributed by atoms with E-state index in [0.29, 0.717) is 29.8 Å². The zero-order valence-electron chi connectivity index (χ0n) is 15.1. The lowest BCUT2D eigenvalue weighted by molar-refractivity contribution is 0.0995. The molecule has 27 heavy (non-hydrogen) atoms. The smallest absolute Gasteiger partial charge is 0.308 e. The molecule has 0 radical (unpaired) electrons. The number of urea groups is 1. The van der Waals surface area contributed by atoms with Crippen LogP contribution in [0.2, 0.25) is 0 Å². The third-order valence-electron chi connectivity index (χ3n) is 4.84. The van der Waals surface area contributed by atoms with Crippen molar-refractivity contribution in [1.29, 1.82) is 0 Å². The molecule has 4 heteroatoms. The van der Waals surface area contributed by atoms with Gasteiger partial charge in [0.05, 0.1) is 5.69 Å². The van der Waals surface area contributed by atoms with Crippen LogP contribution in [-0.2, 0) is 6.42 Å². The highest BCUT2D eigenvalue weighted by Gasteiger charge is 2.26. The predicted molar refractivity (Wildman–Crippen MR) is 108 cm³/mol. The van der Waals surface area contributed by atoms with Crippen molar-refractivity contribution in [2.24, 2.45) is 0 Å². The minimum atomic E-state index is -0.354. The van der Waals surface area contributed by atoms with Crippen LogP contribution in [0.3, 0.4) is 0 Å². The number of carbonyl (C=O) groups excluding carboxylic acids is 2. The van der Waals surface area contributed by atoms with Gasteiger partial charge < -0.3 is 10.6 Å². The molecule has 0 heterocycles. The normalized spacial score (nSPS) is 12.6. The van der Waals surface area contributed by atoms with Gasteiger partial charge in [-0.25, -0.2) is 4.79 Å². The molecular weight excluding hydrogens is 336 g/mol. The van der Waals surface area contributed by atoms with Gasteiger partial charge in [0.1, 0.15) is 0 Å². The Hall–Kier alpha value is -3.40. The van der Waals surface area contributed by atoms with E-state index >= 15 is 0 Å². The molecule has 0 aliphatic heterocycles. The molecule has 0 unspecified atom stereocenters. The molecule has 0 spiro atoms. The third kappa shape index (κ3) is 3.47. The number of amides is 2. The number of hydrogen-bond acceptors (Lipinski definition) is 2.